The van der Waals surface area contributed by atoms with E-state index in [1.807, 2.05) is 6.07 Å². The Bertz CT molecular complexity index is 1640. The lowest BCUT2D eigenvalue weighted by Gasteiger charge is -2.19. The monoisotopic (exact) mass is 612 g/mol. The lowest BCUT2D eigenvalue weighted by molar-refractivity contribution is 0.0595. The Morgan fingerprint density at radius 3 is 2.19 bits per heavy atom. The van der Waals surface area contributed by atoms with E-state index in [-0.39, 0.29) is 58.2 Å². The van der Waals surface area contributed by atoms with Crippen LogP contribution in [0.15, 0.2) is 48.5 Å². The van der Waals surface area contributed by atoms with Gasteiger partial charge < -0.3 is 39.4 Å². The molecular formula is C30H30ClFN4O7. The SMILES string of the molecule is COC(=O)c1nc(-c2ccc(Cl)c(OC)c2F)nc(NCc2ccc(OC)cc2OC)c1NCc1ccc(O)cc1OC. The molecule has 4 rings (SSSR count). The summed E-state index contributed by atoms with van der Waals surface area (Å²) in [5, 5.41) is 16.3. The number of anilines is 2. The molecule has 4 aromatic rings. The topological polar surface area (TPSA) is 133 Å². The van der Waals surface area contributed by atoms with Crippen molar-refractivity contribution in [1.82, 2.24) is 9.97 Å². The van der Waals surface area contributed by atoms with E-state index in [1.165, 1.54) is 52.7 Å². The number of aromatic hydroxyl groups is 1. The summed E-state index contributed by atoms with van der Waals surface area (Å²) in [6.45, 7) is 0.327. The lowest BCUT2D eigenvalue weighted by Crippen LogP contribution is -2.16. The molecule has 0 unspecified atom stereocenters. The minimum absolute atomic E-state index is 0.0275. The average molecular weight is 613 g/mol. The highest BCUT2D eigenvalue weighted by molar-refractivity contribution is 6.32. The zero-order valence-corrected chi connectivity index (χ0v) is 24.8. The molecule has 0 amide bonds. The van der Waals surface area contributed by atoms with Gasteiger partial charge in [-0.1, -0.05) is 11.6 Å². The number of halogens is 2. The molecule has 226 valence electrons. The highest BCUT2D eigenvalue weighted by Gasteiger charge is 2.25. The van der Waals surface area contributed by atoms with Crippen molar-refractivity contribution in [3.63, 3.8) is 0 Å². The number of hydrogen-bond donors (Lipinski definition) is 3. The minimum Gasteiger partial charge on any atom is -0.508 e. The van der Waals surface area contributed by atoms with Crippen molar-refractivity contribution in [2.24, 2.45) is 0 Å². The number of phenols is 1. The maximum Gasteiger partial charge on any atom is 0.359 e. The van der Waals surface area contributed by atoms with E-state index in [4.69, 9.17) is 35.3 Å². The molecule has 1 aromatic heterocycles. The molecule has 3 N–H and O–H groups in total. The van der Waals surface area contributed by atoms with Gasteiger partial charge >= 0.3 is 5.97 Å². The summed E-state index contributed by atoms with van der Waals surface area (Å²) in [6.07, 6.45) is 0. The molecule has 0 spiro atoms. The van der Waals surface area contributed by atoms with Gasteiger partial charge in [0.25, 0.3) is 0 Å². The van der Waals surface area contributed by atoms with Gasteiger partial charge in [0.15, 0.2) is 28.9 Å². The second kappa shape index (κ2) is 13.8. The van der Waals surface area contributed by atoms with Crippen LogP contribution in [0.25, 0.3) is 11.4 Å². The third-order valence-electron chi connectivity index (χ3n) is 6.45. The molecule has 13 heteroatoms. The van der Waals surface area contributed by atoms with Crippen molar-refractivity contribution in [3.8, 4) is 40.1 Å². The van der Waals surface area contributed by atoms with Crippen LogP contribution in [-0.4, -0.2) is 56.6 Å². The van der Waals surface area contributed by atoms with Gasteiger partial charge in [-0.05, 0) is 36.4 Å². The Kier molecular flexibility index (Phi) is 9.94. The molecule has 1 heterocycles. The number of phenolic OH excluding ortho intramolecular Hbond substituents is 1. The number of carbonyl (C=O) groups is 1. The molecule has 0 radical (unpaired) electrons. The quantitative estimate of drug-likeness (QED) is 0.170. The Morgan fingerprint density at radius 2 is 1.53 bits per heavy atom. The first-order chi connectivity index (χ1) is 20.7. The van der Waals surface area contributed by atoms with Gasteiger partial charge in [0.2, 0.25) is 0 Å². The zero-order valence-electron chi connectivity index (χ0n) is 24.1. The lowest BCUT2D eigenvalue weighted by atomic mass is 10.1. The van der Waals surface area contributed by atoms with Crippen LogP contribution in [0.3, 0.4) is 0 Å². The molecule has 43 heavy (non-hydrogen) atoms. The van der Waals surface area contributed by atoms with Gasteiger partial charge in [-0.3, -0.25) is 0 Å². The van der Waals surface area contributed by atoms with E-state index in [9.17, 15) is 9.90 Å². The van der Waals surface area contributed by atoms with E-state index < -0.39 is 11.8 Å². The van der Waals surface area contributed by atoms with Gasteiger partial charge in [-0.25, -0.2) is 19.2 Å². The molecule has 0 bridgehead atoms. The number of benzene rings is 3. The first kappa shape index (κ1) is 31.0. The van der Waals surface area contributed by atoms with Crippen molar-refractivity contribution >= 4 is 29.1 Å². The second-order valence-corrected chi connectivity index (χ2v) is 9.34. The van der Waals surface area contributed by atoms with Crippen LogP contribution >= 0.6 is 11.6 Å². The number of esters is 1. The van der Waals surface area contributed by atoms with Crippen LogP contribution in [0.2, 0.25) is 5.02 Å². The highest BCUT2D eigenvalue weighted by atomic mass is 35.5. The van der Waals surface area contributed by atoms with Gasteiger partial charge in [0.05, 0.1) is 46.1 Å². The molecule has 3 aromatic carbocycles. The number of nitrogens with one attached hydrogen (secondary N) is 2. The Labute approximate surface area is 252 Å². The number of hydrogen-bond acceptors (Lipinski definition) is 11. The summed E-state index contributed by atoms with van der Waals surface area (Å²) in [6, 6.07) is 12.8. The van der Waals surface area contributed by atoms with Crippen molar-refractivity contribution in [2.45, 2.75) is 13.1 Å². The van der Waals surface area contributed by atoms with Crippen LogP contribution in [0, 0.1) is 5.82 Å². The minimum atomic E-state index is -0.803. The van der Waals surface area contributed by atoms with Crippen molar-refractivity contribution in [1.29, 1.82) is 0 Å². The molecule has 0 saturated heterocycles. The summed E-state index contributed by atoms with van der Waals surface area (Å²) < 4.78 is 41.8. The summed E-state index contributed by atoms with van der Waals surface area (Å²) in [5.41, 5.74) is 1.37. The predicted molar refractivity (Wildman–Crippen MR) is 159 cm³/mol. The summed E-state index contributed by atoms with van der Waals surface area (Å²) in [4.78, 5) is 22.0. The number of rotatable bonds is 12. The van der Waals surface area contributed by atoms with Crippen molar-refractivity contribution < 1.29 is 38.0 Å². The number of nitrogens with zero attached hydrogens (tertiary/aromatic N) is 2. The van der Waals surface area contributed by atoms with E-state index in [1.54, 1.807) is 25.3 Å². The molecular weight excluding hydrogens is 583 g/mol. The van der Waals surface area contributed by atoms with Gasteiger partial charge in [-0.15, -0.1) is 0 Å². The molecule has 0 aliphatic carbocycles. The van der Waals surface area contributed by atoms with E-state index in [0.717, 1.165) is 5.56 Å². The molecule has 0 fully saturated rings. The van der Waals surface area contributed by atoms with E-state index in [0.29, 0.717) is 22.8 Å². The summed E-state index contributed by atoms with van der Waals surface area (Å²) in [7, 11) is 7.05. The number of carbonyl (C=O) groups excluding carboxylic acids is 1. The molecule has 11 nitrogen and oxygen atoms in total. The highest BCUT2D eigenvalue weighted by Crippen LogP contribution is 2.36. The van der Waals surface area contributed by atoms with Crippen LogP contribution in [-0.2, 0) is 17.8 Å². The predicted octanol–water partition coefficient (Wildman–Crippen LogP) is 5.69. The van der Waals surface area contributed by atoms with Gasteiger partial charge in [0.1, 0.15) is 28.7 Å². The Morgan fingerprint density at radius 1 is 0.860 bits per heavy atom. The first-order valence-corrected chi connectivity index (χ1v) is 13.2. The maximum absolute atomic E-state index is 15.5. The van der Waals surface area contributed by atoms with Crippen molar-refractivity contribution in [3.05, 3.63) is 76.2 Å². The van der Waals surface area contributed by atoms with Crippen molar-refractivity contribution in [2.75, 3.05) is 46.2 Å². The normalized spacial score (nSPS) is 10.6. The standard InChI is InChI=1S/C30H30ClFN4O7/c1-39-19-9-7-17(23(13-19)41-3)15-34-29-25(33-14-16-6-8-18(37)12-22(16)40-2)26(30(38)43-5)35-28(36-29)20-10-11-21(31)27(42-4)24(20)32/h6-13,33,37H,14-15H2,1-5H3,(H,34,35,36). The number of methoxy groups -OCH3 is 5. The largest absolute Gasteiger partial charge is 0.508 e. The first-order valence-electron chi connectivity index (χ1n) is 12.8. The van der Waals surface area contributed by atoms with E-state index >= 15 is 4.39 Å². The van der Waals surface area contributed by atoms with E-state index in [2.05, 4.69) is 20.6 Å². The Balaban J connectivity index is 1.85. The second-order valence-electron chi connectivity index (χ2n) is 8.93. The van der Waals surface area contributed by atoms with Crippen LogP contribution in [0.4, 0.5) is 15.9 Å². The zero-order chi connectivity index (χ0) is 31.1. The molecule has 0 saturated carbocycles. The average Bonchev–Trinajstić information content (AvgIpc) is 3.02. The molecule has 0 atom stereocenters. The molecule has 0 aliphatic rings. The molecule has 0 aliphatic heterocycles. The fourth-order valence-electron chi connectivity index (χ4n) is 4.25. The van der Waals surface area contributed by atoms with Crippen LogP contribution in [0.5, 0.6) is 28.7 Å². The van der Waals surface area contributed by atoms with Gasteiger partial charge in [0, 0.05) is 36.3 Å². The van der Waals surface area contributed by atoms with Crippen LogP contribution < -0.4 is 29.6 Å². The number of aromatic nitrogens is 2. The number of ether oxygens (including phenoxy) is 5. The third-order valence-corrected chi connectivity index (χ3v) is 6.75. The third kappa shape index (κ3) is 6.75. The van der Waals surface area contributed by atoms with Crippen LogP contribution in [0.1, 0.15) is 21.6 Å². The smallest absolute Gasteiger partial charge is 0.359 e. The fourth-order valence-corrected chi connectivity index (χ4v) is 4.48. The maximum atomic E-state index is 15.5. The Hall–Kier alpha value is -4.97. The summed E-state index contributed by atoms with van der Waals surface area (Å²) >= 11 is 6.10. The summed E-state index contributed by atoms with van der Waals surface area (Å²) in [5.74, 6) is -0.155. The fraction of sp³-hybridized carbons (Fsp3) is 0.233. The van der Waals surface area contributed by atoms with Gasteiger partial charge in [-0.2, -0.15) is 0 Å².